The Morgan fingerprint density at radius 3 is 2.76 bits per heavy atom. The number of carbonyl (C=O) groups is 1. The molecule has 33 heavy (non-hydrogen) atoms. The number of rotatable bonds is 7. The fraction of sp³-hybridized carbons (Fsp3) is 0.259. The summed E-state index contributed by atoms with van der Waals surface area (Å²) in [4.78, 5) is 19.7. The number of benzene rings is 3. The number of hydrogen-bond acceptors (Lipinski definition) is 3. The lowest BCUT2D eigenvalue weighted by Crippen LogP contribution is -2.24. The first kappa shape index (κ1) is 21.7. The number of fused-ring (bicyclic) bond motifs is 1. The molecule has 1 aliphatic rings. The van der Waals surface area contributed by atoms with Gasteiger partial charge in [0.05, 0.1) is 17.6 Å². The van der Waals surface area contributed by atoms with Crippen LogP contribution in [0.3, 0.4) is 0 Å². The Morgan fingerprint density at radius 1 is 1.06 bits per heavy atom. The van der Waals surface area contributed by atoms with Crippen molar-refractivity contribution in [3.8, 4) is 5.75 Å². The van der Waals surface area contributed by atoms with Gasteiger partial charge in [-0.05, 0) is 61.4 Å². The van der Waals surface area contributed by atoms with Gasteiger partial charge in [0.1, 0.15) is 11.6 Å². The zero-order valence-corrected chi connectivity index (χ0v) is 20.2. The fourth-order valence-corrected chi connectivity index (χ4v) is 4.92. The number of halogens is 1. The molecule has 0 aliphatic carbocycles. The predicted octanol–water partition coefficient (Wildman–Crippen LogP) is 6.10. The van der Waals surface area contributed by atoms with Crippen LogP contribution in [0.25, 0.3) is 11.0 Å². The number of aryl methyl sites for hydroxylation is 2. The van der Waals surface area contributed by atoms with Gasteiger partial charge in [0.25, 0.3) is 0 Å². The first-order chi connectivity index (χ1) is 16.1. The van der Waals surface area contributed by atoms with Crippen molar-refractivity contribution in [1.29, 1.82) is 0 Å². The highest BCUT2D eigenvalue weighted by Gasteiger charge is 2.34. The number of aromatic nitrogens is 2. The van der Waals surface area contributed by atoms with Gasteiger partial charge in [-0.15, -0.1) is 0 Å². The Labute approximate surface area is 202 Å². The number of para-hydroxylation sites is 2. The highest BCUT2D eigenvalue weighted by atomic mass is 79.9. The molecule has 1 unspecified atom stereocenters. The van der Waals surface area contributed by atoms with E-state index in [1.54, 1.807) is 0 Å². The van der Waals surface area contributed by atoms with Gasteiger partial charge in [-0.25, -0.2) is 4.98 Å². The maximum atomic E-state index is 12.9. The second-order valence-corrected chi connectivity index (χ2v) is 9.43. The quantitative estimate of drug-likeness (QED) is 0.286. The molecule has 5 rings (SSSR count). The molecule has 0 N–H and O–H groups in total. The van der Waals surface area contributed by atoms with Crippen molar-refractivity contribution in [1.82, 2.24) is 9.55 Å². The lowest BCUT2D eigenvalue weighted by atomic mass is 10.1. The topological polar surface area (TPSA) is 47.4 Å². The van der Waals surface area contributed by atoms with Gasteiger partial charge >= 0.3 is 0 Å². The van der Waals surface area contributed by atoms with E-state index in [2.05, 4.69) is 45.6 Å². The van der Waals surface area contributed by atoms with E-state index >= 15 is 0 Å². The van der Waals surface area contributed by atoms with Crippen LogP contribution < -0.4 is 9.64 Å². The summed E-state index contributed by atoms with van der Waals surface area (Å²) in [5.74, 6) is 2.08. The first-order valence-corrected chi connectivity index (χ1v) is 12.1. The molecule has 1 amide bonds. The van der Waals surface area contributed by atoms with E-state index in [1.807, 2.05) is 59.5 Å². The van der Waals surface area contributed by atoms with Gasteiger partial charge in [-0.2, -0.15) is 0 Å². The third kappa shape index (κ3) is 4.67. The third-order valence-electron chi connectivity index (χ3n) is 6.08. The second-order valence-electron chi connectivity index (χ2n) is 8.51. The molecule has 4 aromatic rings. The van der Waals surface area contributed by atoms with E-state index in [-0.39, 0.29) is 11.8 Å². The molecule has 0 bridgehead atoms. The zero-order valence-electron chi connectivity index (χ0n) is 18.6. The highest BCUT2D eigenvalue weighted by molar-refractivity contribution is 9.10. The van der Waals surface area contributed by atoms with Gasteiger partial charge in [-0.3, -0.25) is 4.79 Å². The van der Waals surface area contributed by atoms with Gasteiger partial charge in [0.15, 0.2) is 0 Å². The smallest absolute Gasteiger partial charge is 0.227 e. The van der Waals surface area contributed by atoms with Crippen molar-refractivity contribution >= 4 is 38.6 Å². The van der Waals surface area contributed by atoms with Gasteiger partial charge < -0.3 is 14.2 Å². The van der Waals surface area contributed by atoms with Crippen LogP contribution in [0, 0.1) is 6.92 Å². The lowest BCUT2D eigenvalue weighted by molar-refractivity contribution is -0.117. The van der Waals surface area contributed by atoms with E-state index in [9.17, 15) is 4.79 Å². The van der Waals surface area contributed by atoms with Crippen LogP contribution in [0.4, 0.5) is 5.69 Å². The van der Waals surface area contributed by atoms with Crippen molar-refractivity contribution in [2.75, 3.05) is 18.1 Å². The standard InChI is InChI=1S/C27H26BrN3O2/c1-19-7-4-10-23(15-19)33-14-6-13-30-25-12-3-2-11-24(25)29-27(30)20-16-26(32)31(18-20)22-9-5-8-21(28)17-22/h2-5,7-12,15,17,20H,6,13-14,16,18H2,1H3. The van der Waals surface area contributed by atoms with Crippen LogP contribution in [0.5, 0.6) is 5.75 Å². The summed E-state index contributed by atoms with van der Waals surface area (Å²) < 4.78 is 9.21. The van der Waals surface area contributed by atoms with Gasteiger partial charge in [-0.1, -0.05) is 46.3 Å². The number of amides is 1. The molecular formula is C27H26BrN3O2. The Bertz CT molecular complexity index is 1300. The molecule has 3 aromatic carbocycles. The summed E-state index contributed by atoms with van der Waals surface area (Å²) in [6.45, 7) is 4.13. The summed E-state index contributed by atoms with van der Waals surface area (Å²) >= 11 is 3.51. The largest absolute Gasteiger partial charge is 0.494 e. The fourth-order valence-electron chi connectivity index (χ4n) is 4.53. The summed E-state index contributed by atoms with van der Waals surface area (Å²) in [6.07, 6.45) is 1.33. The lowest BCUT2D eigenvalue weighted by Gasteiger charge is -2.18. The minimum absolute atomic E-state index is 0.0570. The van der Waals surface area contributed by atoms with E-state index in [0.717, 1.165) is 45.7 Å². The molecule has 0 saturated carbocycles. The van der Waals surface area contributed by atoms with Gasteiger partial charge in [0, 0.05) is 35.6 Å². The zero-order chi connectivity index (χ0) is 22.8. The van der Waals surface area contributed by atoms with Crippen LogP contribution >= 0.6 is 15.9 Å². The van der Waals surface area contributed by atoms with E-state index in [1.165, 1.54) is 5.56 Å². The average Bonchev–Trinajstić information content (AvgIpc) is 3.37. The molecule has 6 heteroatoms. The minimum atomic E-state index is 0.0570. The van der Waals surface area contributed by atoms with Crippen LogP contribution in [-0.4, -0.2) is 28.6 Å². The molecule has 1 aliphatic heterocycles. The SMILES string of the molecule is Cc1cccc(OCCCn2c(C3CC(=O)N(c4cccc(Br)c4)C3)nc3ccccc32)c1. The second kappa shape index (κ2) is 9.40. The molecular weight excluding hydrogens is 478 g/mol. The van der Waals surface area contributed by atoms with Crippen molar-refractivity contribution in [2.24, 2.45) is 0 Å². The van der Waals surface area contributed by atoms with Crippen LogP contribution in [0.1, 0.15) is 30.1 Å². The summed E-state index contributed by atoms with van der Waals surface area (Å²) in [5, 5.41) is 0. The Morgan fingerprint density at radius 2 is 1.91 bits per heavy atom. The van der Waals surface area contributed by atoms with E-state index in [4.69, 9.17) is 9.72 Å². The summed E-state index contributed by atoms with van der Waals surface area (Å²) in [7, 11) is 0. The van der Waals surface area contributed by atoms with E-state index < -0.39 is 0 Å². The molecule has 5 nitrogen and oxygen atoms in total. The van der Waals surface area contributed by atoms with Crippen molar-refractivity contribution in [2.45, 2.75) is 32.2 Å². The number of anilines is 1. The third-order valence-corrected chi connectivity index (χ3v) is 6.57. The van der Waals surface area contributed by atoms with Crippen molar-refractivity contribution < 1.29 is 9.53 Å². The Kier molecular flexibility index (Phi) is 6.18. The van der Waals surface area contributed by atoms with Crippen molar-refractivity contribution in [3.63, 3.8) is 0 Å². The Hall–Kier alpha value is -3.12. The van der Waals surface area contributed by atoms with Crippen LogP contribution in [0.2, 0.25) is 0 Å². The number of hydrogen-bond donors (Lipinski definition) is 0. The molecule has 1 fully saturated rings. The molecule has 1 atom stereocenters. The molecule has 168 valence electrons. The molecule has 1 saturated heterocycles. The van der Waals surface area contributed by atoms with Crippen LogP contribution in [-0.2, 0) is 11.3 Å². The molecule has 2 heterocycles. The van der Waals surface area contributed by atoms with Crippen LogP contribution in [0.15, 0.2) is 77.3 Å². The summed E-state index contributed by atoms with van der Waals surface area (Å²) in [6, 6.07) is 24.2. The maximum absolute atomic E-state index is 12.9. The summed E-state index contributed by atoms with van der Waals surface area (Å²) in [5.41, 5.74) is 4.19. The molecule has 0 spiro atoms. The highest BCUT2D eigenvalue weighted by Crippen LogP contribution is 2.34. The average molecular weight is 504 g/mol. The maximum Gasteiger partial charge on any atom is 0.227 e. The van der Waals surface area contributed by atoms with E-state index in [0.29, 0.717) is 19.6 Å². The Balaban J connectivity index is 1.35. The molecule has 0 radical (unpaired) electrons. The number of carbonyl (C=O) groups excluding carboxylic acids is 1. The van der Waals surface area contributed by atoms with Crippen molar-refractivity contribution in [3.05, 3.63) is 88.7 Å². The normalized spacial score (nSPS) is 16.0. The molecule has 1 aromatic heterocycles. The predicted molar refractivity (Wildman–Crippen MR) is 135 cm³/mol. The minimum Gasteiger partial charge on any atom is -0.494 e. The number of ether oxygens (including phenoxy) is 1. The number of imidazole rings is 1. The van der Waals surface area contributed by atoms with Gasteiger partial charge in [0.2, 0.25) is 5.91 Å². The first-order valence-electron chi connectivity index (χ1n) is 11.3. The number of nitrogens with zero attached hydrogens (tertiary/aromatic N) is 3. The monoisotopic (exact) mass is 503 g/mol.